The van der Waals surface area contributed by atoms with E-state index in [1.165, 1.54) is 31.3 Å². The molecule has 2 nitrogen and oxygen atoms in total. The van der Waals surface area contributed by atoms with Crippen LogP contribution in [0.25, 0.3) is 0 Å². The topological polar surface area (TPSA) is 40.5 Å². The number of hydrogen-bond donors (Lipinski definition) is 2. The summed E-state index contributed by atoms with van der Waals surface area (Å²) in [5.74, 6) is 3.01. The van der Waals surface area contributed by atoms with Gasteiger partial charge in [0, 0.05) is 0 Å². The highest BCUT2D eigenvalue weighted by atomic mass is 19.4. The third-order valence-corrected chi connectivity index (χ3v) is 10.2. The maximum Gasteiger partial charge on any atom is 0.391 e. The Morgan fingerprint density at radius 2 is 1.88 bits per heavy atom. The van der Waals surface area contributed by atoms with E-state index in [9.17, 15) is 23.4 Å². The van der Waals surface area contributed by atoms with E-state index in [4.69, 9.17) is 0 Å². The molecule has 8 atom stereocenters. The summed E-state index contributed by atoms with van der Waals surface area (Å²) in [7, 11) is 0. The van der Waals surface area contributed by atoms with Crippen LogP contribution in [0, 0.1) is 35.0 Å². The Bertz CT molecular complexity index is 689. The van der Waals surface area contributed by atoms with Crippen molar-refractivity contribution >= 4 is 0 Å². The lowest BCUT2D eigenvalue weighted by Crippen LogP contribution is -2.44. The average Bonchev–Trinajstić information content (AvgIpc) is 3.12. The molecule has 5 heteroatoms. The van der Waals surface area contributed by atoms with Gasteiger partial charge < -0.3 is 10.2 Å². The summed E-state index contributed by atoms with van der Waals surface area (Å²) in [6.07, 6.45) is 8.55. The van der Waals surface area contributed by atoms with Gasteiger partial charge in [0.05, 0.1) is 18.1 Å². The Hall–Kier alpha value is -0.550. The number of aliphatic hydroxyl groups excluding tert-OH is 1. The minimum atomic E-state index is -4.29. The number of allylic oxidation sites excluding steroid dienone is 1. The highest BCUT2D eigenvalue weighted by Crippen LogP contribution is 2.63. The molecule has 3 aliphatic rings. The molecule has 0 spiro atoms. The largest absolute Gasteiger partial charge is 0.393 e. The van der Waals surface area contributed by atoms with Crippen molar-refractivity contribution in [1.82, 2.24) is 0 Å². The quantitative estimate of drug-likeness (QED) is 0.289. The fourth-order valence-corrected chi connectivity index (χ4v) is 8.16. The van der Waals surface area contributed by atoms with Gasteiger partial charge in [0.1, 0.15) is 0 Å². The predicted octanol–water partition coefficient (Wildman–Crippen LogP) is 8.22. The smallest absolute Gasteiger partial charge is 0.391 e. The predicted molar refractivity (Wildman–Crippen MR) is 132 cm³/mol. The Labute approximate surface area is 205 Å². The van der Waals surface area contributed by atoms with Gasteiger partial charge in [0.2, 0.25) is 0 Å². The SMILES string of the molecule is CCCC[C@@](O)(CC)CC1=CC[C@@H]2[C@H](CC[C@]3(C)[C@@H]([C@H](C)CC[C@@H](O)CC(F)(F)F)CC[C@@H]23)C1. The maximum absolute atomic E-state index is 12.6. The van der Waals surface area contributed by atoms with Crippen LogP contribution in [0.4, 0.5) is 13.2 Å². The van der Waals surface area contributed by atoms with Gasteiger partial charge in [-0.15, -0.1) is 0 Å². The normalized spacial score (nSPS) is 35.1. The maximum atomic E-state index is 12.6. The molecule has 2 fully saturated rings. The van der Waals surface area contributed by atoms with Crippen molar-refractivity contribution in [2.24, 2.45) is 35.0 Å². The molecule has 34 heavy (non-hydrogen) atoms. The summed E-state index contributed by atoms with van der Waals surface area (Å²) < 4.78 is 37.8. The number of aliphatic hydroxyl groups is 2. The molecule has 0 aliphatic heterocycles. The molecule has 0 bridgehead atoms. The number of hydrogen-bond acceptors (Lipinski definition) is 2. The first kappa shape index (κ1) is 28.0. The van der Waals surface area contributed by atoms with Gasteiger partial charge in [-0.05, 0) is 106 Å². The van der Waals surface area contributed by atoms with Crippen molar-refractivity contribution in [3.63, 3.8) is 0 Å². The van der Waals surface area contributed by atoms with Crippen LogP contribution in [0.5, 0.6) is 0 Å². The second-order valence-corrected chi connectivity index (χ2v) is 12.4. The number of unbranched alkanes of at least 4 members (excludes halogenated alkanes) is 1. The Morgan fingerprint density at radius 1 is 1.15 bits per heavy atom. The van der Waals surface area contributed by atoms with Gasteiger partial charge in [-0.25, -0.2) is 0 Å². The zero-order valence-electron chi connectivity index (χ0n) is 22.0. The van der Waals surface area contributed by atoms with E-state index in [1.807, 2.05) is 0 Å². The van der Waals surface area contributed by atoms with Crippen molar-refractivity contribution in [3.8, 4) is 0 Å². The summed E-state index contributed by atoms with van der Waals surface area (Å²) in [5, 5.41) is 21.0. The first-order chi connectivity index (χ1) is 15.9. The second kappa shape index (κ2) is 11.2. The lowest BCUT2D eigenvalue weighted by atomic mass is 9.54. The molecule has 0 heterocycles. The van der Waals surface area contributed by atoms with Crippen molar-refractivity contribution in [1.29, 1.82) is 0 Å². The molecule has 0 aromatic carbocycles. The van der Waals surface area contributed by atoms with Crippen LogP contribution < -0.4 is 0 Å². The van der Waals surface area contributed by atoms with E-state index in [2.05, 4.69) is 33.8 Å². The molecule has 2 N–H and O–H groups in total. The van der Waals surface area contributed by atoms with Gasteiger partial charge >= 0.3 is 6.18 Å². The van der Waals surface area contributed by atoms with Crippen LogP contribution in [0.15, 0.2) is 11.6 Å². The Morgan fingerprint density at radius 3 is 2.53 bits per heavy atom. The summed E-state index contributed by atoms with van der Waals surface area (Å²) >= 11 is 0. The highest BCUT2D eigenvalue weighted by molar-refractivity contribution is 5.16. The zero-order valence-corrected chi connectivity index (χ0v) is 22.0. The van der Waals surface area contributed by atoms with E-state index < -0.39 is 24.3 Å². The molecular weight excluding hydrogens is 437 g/mol. The molecule has 0 aromatic heterocycles. The number of fused-ring (bicyclic) bond motifs is 3. The molecule has 198 valence electrons. The molecule has 0 unspecified atom stereocenters. The second-order valence-electron chi connectivity index (χ2n) is 12.4. The summed E-state index contributed by atoms with van der Waals surface area (Å²) in [6.45, 7) is 8.94. The average molecular weight is 487 g/mol. The summed E-state index contributed by atoms with van der Waals surface area (Å²) in [5.41, 5.74) is 1.18. The lowest BCUT2D eigenvalue weighted by molar-refractivity contribution is -0.154. The van der Waals surface area contributed by atoms with Crippen LogP contribution in [-0.2, 0) is 0 Å². The molecule has 2 saturated carbocycles. The minimum Gasteiger partial charge on any atom is -0.393 e. The standard InChI is InChI=1S/C29H49F3O2/c1-5-7-15-28(34,6-2)18-21-9-11-24-22(17-21)14-16-27(4)25(12-13-26(24)27)20(3)8-10-23(33)19-29(30,31)32/h9,20,22-26,33-34H,5-8,10-19H2,1-4H3/t20-,22-,23-,24-,25-,26+,27-,28+/m1/s1. The number of alkyl halides is 3. The highest BCUT2D eigenvalue weighted by Gasteiger charge is 2.55. The van der Waals surface area contributed by atoms with E-state index in [-0.39, 0.29) is 11.8 Å². The first-order valence-electron chi connectivity index (χ1n) is 14.1. The van der Waals surface area contributed by atoms with Gasteiger partial charge in [-0.1, -0.05) is 52.2 Å². The number of halogens is 3. The summed E-state index contributed by atoms with van der Waals surface area (Å²) in [4.78, 5) is 0. The third-order valence-electron chi connectivity index (χ3n) is 10.2. The van der Waals surface area contributed by atoms with Crippen LogP contribution in [-0.4, -0.2) is 28.1 Å². The molecule has 3 rings (SSSR count). The fraction of sp³-hybridized carbons (Fsp3) is 0.931. The lowest BCUT2D eigenvalue weighted by Gasteiger charge is -2.51. The van der Waals surface area contributed by atoms with Gasteiger partial charge in [-0.3, -0.25) is 0 Å². The molecule has 0 radical (unpaired) electrons. The van der Waals surface area contributed by atoms with E-state index in [0.29, 0.717) is 36.0 Å². The van der Waals surface area contributed by atoms with Crippen molar-refractivity contribution in [3.05, 3.63) is 11.6 Å². The molecule has 0 aromatic rings. The molecule has 0 saturated heterocycles. The molecule has 3 aliphatic carbocycles. The van der Waals surface area contributed by atoms with Crippen LogP contribution in [0.2, 0.25) is 0 Å². The fourth-order valence-electron chi connectivity index (χ4n) is 8.16. The van der Waals surface area contributed by atoms with Crippen LogP contribution >= 0.6 is 0 Å². The van der Waals surface area contributed by atoms with E-state index in [0.717, 1.165) is 44.9 Å². The van der Waals surface area contributed by atoms with Gasteiger partial charge in [0.15, 0.2) is 0 Å². The van der Waals surface area contributed by atoms with E-state index in [1.54, 1.807) is 0 Å². The van der Waals surface area contributed by atoms with Gasteiger partial charge in [-0.2, -0.15) is 13.2 Å². The van der Waals surface area contributed by atoms with Crippen molar-refractivity contribution < 1.29 is 23.4 Å². The minimum absolute atomic E-state index is 0.244. The molecule has 0 amide bonds. The van der Waals surface area contributed by atoms with Crippen LogP contribution in [0.3, 0.4) is 0 Å². The zero-order chi connectivity index (χ0) is 25.1. The monoisotopic (exact) mass is 486 g/mol. The third kappa shape index (κ3) is 6.60. The van der Waals surface area contributed by atoms with E-state index >= 15 is 0 Å². The molecular formula is C29H49F3O2. The Kier molecular flexibility index (Phi) is 9.26. The number of rotatable bonds is 11. The van der Waals surface area contributed by atoms with Gasteiger partial charge in [0.25, 0.3) is 0 Å². The van der Waals surface area contributed by atoms with Crippen LogP contribution in [0.1, 0.15) is 118 Å². The first-order valence-corrected chi connectivity index (χ1v) is 14.1. The summed E-state index contributed by atoms with van der Waals surface area (Å²) in [6, 6.07) is 0. The van der Waals surface area contributed by atoms with Crippen molar-refractivity contribution in [2.75, 3.05) is 0 Å². The van der Waals surface area contributed by atoms with Crippen molar-refractivity contribution in [2.45, 2.75) is 135 Å². The Balaban J connectivity index is 1.59.